The lowest BCUT2D eigenvalue weighted by atomic mass is 10.3. The van der Waals surface area contributed by atoms with Crippen LogP contribution in [0.3, 0.4) is 0 Å². The number of hydrogen-bond acceptors (Lipinski definition) is 7. The lowest BCUT2D eigenvalue weighted by Crippen LogP contribution is -2.35. The zero-order chi connectivity index (χ0) is 13.8. The third kappa shape index (κ3) is 2.59. The van der Waals surface area contributed by atoms with Gasteiger partial charge >= 0.3 is 5.97 Å². The smallest absolute Gasteiger partial charge is 0.327 e. The SMILES string of the molecule is N[C@@H](CO)C(=O)OCn1c(OC=O)cc2occc21. The first kappa shape index (κ1) is 13.1. The van der Waals surface area contributed by atoms with Gasteiger partial charge in [0.05, 0.1) is 18.4 Å². The van der Waals surface area contributed by atoms with Gasteiger partial charge in [0.2, 0.25) is 5.88 Å². The largest absolute Gasteiger partial charge is 0.463 e. The van der Waals surface area contributed by atoms with Crippen LogP contribution in [0.25, 0.3) is 11.1 Å². The van der Waals surface area contributed by atoms with Gasteiger partial charge in [0.25, 0.3) is 6.47 Å². The van der Waals surface area contributed by atoms with Gasteiger partial charge in [-0.05, 0) is 0 Å². The summed E-state index contributed by atoms with van der Waals surface area (Å²) in [6.45, 7) is -0.464. The molecular weight excluding hydrogens is 256 g/mol. The number of aliphatic hydroxyl groups is 1. The maximum absolute atomic E-state index is 11.4. The predicted octanol–water partition coefficient (Wildman–Crippen LogP) is -0.410. The number of esters is 1. The molecule has 0 saturated carbocycles. The number of hydrogen-bond donors (Lipinski definition) is 2. The summed E-state index contributed by atoms with van der Waals surface area (Å²) in [7, 11) is 0. The zero-order valence-corrected chi connectivity index (χ0v) is 9.81. The Morgan fingerprint density at radius 2 is 2.42 bits per heavy atom. The summed E-state index contributed by atoms with van der Waals surface area (Å²) in [5, 5.41) is 8.72. The van der Waals surface area contributed by atoms with Crippen LogP contribution in [-0.2, 0) is 21.1 Å². The summed E-state index contributed by atoms with van der Waals surface area (Å²) in [5.74, 6) is -0.584. The molecule has 8 nitrogen and oxygen atoms in total. The molecule has 0 spiro atoms. The van der Waals surface area contributed by atoms with Crippen molar-refractivity contribution in [2.75, 3.05) is 6.61 Å². The minimum absolute atomic E-state index is 0.176. The van der Waals surface area contributed by atoms with E-state index < -0.39 is 18.6 Å². The van der Waals surface area contributed by atoms with E-state index in [4.69, 9.17) is 24.7 Å². The molecule has 0 aliphatic carbocycles. The van der Waals surface area contributed by atoms with E-state index >= 15 is 0 Å². The van der Waals surface area contributed by atoms with Gasteiger partial charge < -0.3 is 24.7 Å². The highest BCUT2D eigenvalue weighted by Crippen LogP contribution is 2.26. The fourth-order valence-corrected chi connectivity index (χ4v) is 1.54. The highest BCUT2D eigenvalue weighted by Gasteiger charge is 2.17. The van der Waals surface area contributed by atoms with Crippen molar-refractivity contribution in [1.29, 1.82) is 0 Å². The lowest BCUT2D eigenvalue weighted by molar-refractivity contribution is -0.149. The van der Waals surface area contributed by atoms with Gasteiger partial charge in [0.15, 0.2) is 12.3 Å². The summed E-state index contributed by atoms with van der Waals surface area (Å²) in [6.07, 6.45) is 1.45. The van der Waals surface area contributed by atoms with Gasteiger partial charge in [-0.3, -0.25) is 14.2 Å². The van der Waals surface area contributed by atoms with Crippen LogP contribution >= 0.6 is 0 Å². The van der Waals surface area contributed by atoms with E-state index in [0.29, 0.717) is 11.1 Å². The molecule has 2 heterocycles. The predicted molar refractivity (Wildman–Crippen MR) is 62.0 cm³/mol. The van der Waals surface area contributed by atoms with Crippen LogP contribution < -0.4 is 10.5 Å². The second-order valence-corrected chi connectivity index (χ2v) is 3.68. The molecular formula is C11H12N2O6. The Morgan fingerprint density at radius 1 is 1.63 bits per heavy atom. The number of furan rings is 1. The summed E-state index contributed by atoms with van der Waals surface area (Å²) in [4.78, 5) is 21.7. The van der Waals surface area contributed by atoms with Crippen LogP contribution in [0.2, 0.25) is 0 Å². The van der Waals surface area contributed by atoms with E-state index in [1.54, 1.807) is 6.07 Å². The molecule has 0 aliphatic heterocycles. The summed E-state index contributed by atoms with van der Waals surface area (Å²) in [6, 6.07) is 2.02. The number of aliphatic hydroxyl groups excluding tert-OH is 1. The molecule has 3 N–H and O–H groups in total. The number of carbonyl (C=O) groups excluding carboxylic acids is 2. The highest BCUT2D eigenvalue weighted by atomic mass is 16.6. The van der Waals surface area contributed by atoms with Gasteiger partial charge in [-0.25, -0.2) is 0 Å². The first-order valence-corrected chi connectivity index (χ1v) is 5.37. The molecule has 0 bridgehead atoms. The minimum atomic E-state index is -1.11. The topological polar surface area (TPSA) is 117 Å². The molecule has 0 aliphatic rings. The summed E-state index contributed by atoms with van der Waals surface area (Å²) < 4.78 is 16.2. The number of ether oxygens (including phenoxy) is 2. The van der Waals surface area contributed by atoms with Gasteiger partial charge in [-0.2, -0.15) is 0 Å². The van der Waals surface area contributed by atoms with Crippen molar-refractivity contribution in [2.45, 2.75) is 12.8 Å². The monoisotopic (exact) mass is 268 g/mol. The number of rotatable bonds is 6. The molecule has 0 amide bonds. The minimum Gasteiger partial charge on any atom is -0.463 e. The average Bonchev–Trinajstić information content (AvgIpc) is 2.96. The van der Waals surface area contributed by atoms with E-state index in [9.17, 15) is 9.59 Å². The Hall–Kier alpha value is -2.32. The standard InChI is InChI=1S/C11H12N2O6/c12-7(4-14)11(16)18-5-13-8-1-2-17-9(8)3-10(13)19-6-15/h1-3,6-7,14H,4-5,12H2/t7-/m0/s1. The fourth-order valence-electron chi connectivity index (χ4n) is 1.54. The molecule has 2 rings (SSSR count). The number of aromatic nitrogens is 1. The molecule has 2 aromatic rings. The van der Waals surface area contributed by atoms with Gasteiger partial charge in [-0.15, -0.1) is 0 Å². The Bertz CT molecular complexity index is 587. The van der Waals surface area contributed by atoms with Gasteiger partial charge in [-0.1, -0.05) is 0 Å². The Labute approximate surface area is 107 Å². The number of nitrogens with two attached hydrogens (primary N) is 1. The second kappa shape index (κ2) is 5.55. The third-order valence-electron chi connectivity index (χ3n) is 2.49. The van der Waals surface area contributed by atoms with Crippen molar-refractivity contribution in [3.63, 3.8) is 0 Å². The summed E-state index contributed by atoms with van der Waals surface area (Å²) in [5.41, 5.74) is 6.39. The Balaban J connectivity index is 2.18. The van der Waals surface area contributed by atoms with Crippen LogP contribution in [0.15, 0.2) is 22.8 Å². The highest BCUT2D eigenvalue weighted by molar-refractivity contribution is 5.78. The molecule has 19 heavy (non-hydrogen) atoms. The first-order chi connectivity index (χ1) is 9.17. The van der Waals surface area contributed by atoms with Crippen LogP contribution in [-0.4, -0.2) is 34.8 Å². The lowest BCUT2D eigenvalue weighted by Gasteiger charge is -2.11. The number of carbonyl (C=O) groups is 2. The van der Waals surface area contributed by atoms with Crippen molar-refractivity contribution in [3.8, 4) is 5.88 Å². The maximum atomic E-state index is 11.4. The molecule has 1 atom stereocenters. The molecule has 0 saturated heterocycles. The maximum Gasteiger partial charge on any atom is 0.327 e. The van der Waals surface area contributed by atoms with Crippen molar-refractivity contribution in [3.05, 3.63) is 18.4 Å². The van der Waals surface area contributed by atoms with E-state index in [0.717, 1.165) is 0 Å². The zero-order valence-electron chi connectivity index (χ0n) is 9.81. The van der Waals surface area contributed by atoms with Crippen LogP contribution in [0.5, 0.6) is 5.88 Å². The van der Waals surface area contributed by atoms with E-state index in [-0.39, 0.29) is 19.1 Å². The van der Waals surface area contributed by atoms with Crippen LogP contribution in [0.1, 0.15) is 0 Å². The Morgan fingerprint density at radius 3 is 3.11 bits per heavy atom. The molecule has 102 valence electrons. The van der Waals surface area contributed by atoms with E-state index in [2.05, 4.69) is 0 Å². The number of nitrogens with zero attached hydrogens (tertiary/aromatic N) is 1. The van der Waals surface area contributed by atoms with Crippen LogP contribution in [0.4, 0.5) is 0 Å². The van der Waals surface area contributed by atoms with Crippen molar-refractivity contribution >= 4 is 23.5 Å². The molecule has 8 heteroatoms. The van der Waals surface area contributed by atoms with Crippen LogP contribution in [0, 0.1) is 0 Å². The Kier molecular flexibility index (Phi) is 3.83. The normalized spacial score (nSPS) is 12.3. The number of fused-ring (bicyclic) bond motifs is 1. The fraction of sp³-hybridized carbons (Fsp3) is 0.273. The molecule has 0 unspecified atom stereocenters. The molecule has 0 aromatic carbocycles. The van der Waals surface area contributed by atoms with Gasteiger partial charge in [0.1, 0.15) is 6.04 Å². The molecule has 0 radical (unpaired) electrons. The average molecular weight is 268 g/mol. The summed E-state index contributed by atoms with van der Waals surface area (Å²) >= 11 is 0. The van der Waals surface area contributed by atoms with E-state index in [1.807, 2.05) is 0 Å². The molecule has 0 fully saturated rings. The van der Waals surface area contributed by atoms with E-state index in [1.165, 1.54) is 16.9 Å². The van der Waals surface area contributed by atoms with Gasteiger partial charge in [0, 0.05) is 12.1 Å². The second-order valence-electron chi connectivity index (χ2n) is 3.68. The van der Waals surface area contributed by atoms with Crippen molar-refractivity contribution in [1.82, 2.24) is 4.57 Å². The first-order valence-electron chi connectivity index (χ1n) is 5.37. The third-order valence-corrected chi connectivity index (χ3v) is 2.49. The molecule has 2 aromatic heterocycles. The quantitative estimate of drug-likeness (QED) is 0.540. The van der Waals surface area contributed by atoms with Crippen molar-refractivity contribution < 1.29 is 28.6 Å². The van der Waals surface area contributed by atoms with Crippen molar-refractivity contribution in [2.24, 2.45) is 5.73 Å².